The maximum absolute atomic E-state index is 12.3. The summed E-state index contributed by atoms with van der Waals surface area (Å²) in [6, 6.07) is 18.6. The first-order valence-corrected chi connectivity index (χ1v) is 8.86. The summed E-state index contributed by atoms with van der Waals surface area (Å²) in [5.74, 6) is 0.334. The second kappa shape index (κ2) is 8.32. The molecule has 0 radical (unpaired) electrons. The molecular weight excluding hydrogens is 348 g/mol. The molecule has 1 atom stereocenters. The Kier molecular flexibility index (Phi) is 5.66. The Hall–Kier alpha value is -3.11. The summed E-state index contributed by atoms with van der Waals surface area (Å²) in [5.41, 5.74) is 2.26. The second-order valence-corrected chi connectivity index (χ2v) is 6.85. The third-order valence-electron chi connectivity index (χ3n) is 3.57. The minimum Gasteiger partial charge on any atom is -0.416 e. The molecule has 26 heavy (non-hydrogen) atoms. The average Bonchev–Trinajstić information content (AvgIpc) is 3.10. The van der Waals surface area contributed by atoms with Crippen molar-refractivity contribution in [3.05, 3.63) is 71.6 Å². The molecule has 1 amide bonds. The first kappa shape index (κ1) is 17.7. The van der Waals surface area contributed by atoms with Gasteiger partial charge in [0.25, 0.3) is 5.22 Å². The summed E-state index contributed by atoms with van der Waals surface area (Å²) < 4.78 is 5.61. The minimum atomic E-state index is -0.407. The van der Waals surface area contributed by atoms with Crippen molar-refractivity contribution in [3.63, 3.8) is 0 Å². The van der Waals surface area contributed by atoms with Gasteiger partial charge in [-0.2, -0.15) is 5.26 Å². The van der Waals surface area contributed by atoms with Gasteiger partial charge in [0.1, 0.15) is 0 Å². The zero-order valence-corrected chi connectivity index (χ0v) is 14.9. The molecule has 0 aliphatic heterocycles. The number of rotatable bonds is 6. The SMILES string of the molecule is C[C@H](Sc1nnc(Cc2ccccc2)o1)C(=O)Nc1ccc(C#N)cc1. The van der Waals surface area contributed by atoms with Crippen LogP contribution in [0.4, 0.5) is 5.69 Å². The average molecular weight is 364 g/mol. The van der Waals surface area contributed by atoms with Crippen molar-refractivity contribution in [1.82, 2.24) is 10.2 Å². The summed E-state index contributed by atoms with van der Waals surface area (Å²) in [6.45, 7) is 1.77. The highest BCUT2D eigenvalue weighted by Gasteiger charge is 2.18. The fraction of sp³-hybridized carbons (Fsp3) is 0.158. The molecule has 0 aliphatic carbocycles. The van der Waals surface area contributed by atoms with Crippen LogP contribution < -0.4 is 5.32 Å². The quantitative estimate of drug-likeness (QED) is 0.671. The predicted octanol–water partition coefficient (Wildman–Crippen LogP) is 3.65. The topological polar surface area (TPSA) is 91.8 Å². The summed E-state index contributed by atoms with van der Waals surface area (Å²) in [6.07, 6.45) is 0.556. The van der Waals surface area contributed by atoms with Gasteiger partial charge in [-0.15, -0.1) is 10.2 Å². The van der Waals surface area contributed by atoms with Gasteiger partial charge in [0.15, 0.2) is 0 Å². The van der Waals surface area contributed by atoms with Crippen molar-refractivity contribution in [3.8, 4) is 6.07 Å². The third kappa shape index (κ3) is 4.71. The Labute approximate surface area is 155 Å². The highest BCUT2D eigenvalue weighted by molar-refractivity contribution is 8.00. The van der Waals surface area contributed by atoms with Crippen LogP contribution in [0.3, 0.4) is 0 Å². The lowest BCUT2D eigenvalue weighted by atomic mass is 10.2. The molecule has 1 N–H and O–H groups in total. The maximum Gasteiger partial charge on any atom is 0.277 e. The molecule has 3 aromatic rings. The Morgan fingerprint density at radius 2 is 1.92 bits per heavy atom. The van der Waals surface area contributed by atoms with Crippen LogP contribution >= 0.6 is 11.8 Å². The molecule has 0 saturated heterocycles. The molecule has 1 heterocycles. The van der Waals surface area contributed by atoms with Crippen LogP contribution in [0.2, 0.25) is 0 Å². The standard InChI is InChI=1S/C19H16N4O2S/c1-13(18(24)21-16-9-7-15(12-20)8-10-16)26-19-23-22-17(25-19)11-14-5-3-2-4-6-14/h2-10,13H,11H2,1H3,(H,21,24)/t13-/m0/s1. The Morgan fingerprint density at radius 3 is 2.62 bits per heavy atom. The van der Waals surface area contributed by atoms with E-state index in [-0.39, 0.29) is 5.91 Å². The maximum atomic E-state index is 12.3. The number of aromatic nitrogens is 2. The van der Waals surface area contributed by atoms with Gasteiger partial charge in [-0.05, 0) is 36.8 Å². The summed E-state index contributed by atoms with van der Waals surface area (Å²) in [5, 5.41) is 19.6. The Balaban J connectivity index is 1.56. The third-order valence-corrected chi connectivity index (χ3v) is 4.51. The van der Waals surface area contributed by atoms with Crippen molar-refractivity contribution in [1.29, 1.82) is 5.26 Å². The summed E-state index contributed by atoms with van der Waals surface area (Å²) in [4.78, 5) is 12.3. The molecule has 0 bridgehead atoms. The lowest BCUT2D eigenvalue weighted by Gasteiger charge is -2.09. The van der Waals surface area contributed by atoms with E-state index in [2.05, 4.69) is 15.5 Å². The van der Waals surface area contributed by atoms with Crippen molar-refractivity contribution >= 4 is 23.4 Å². The van der Waals surface area contributed by atoms with E-state index in [1.807, 2.05) is 36.4 Å². The molecule has 0 fully saturated rings. The number of nitrogens with zero attached hydrogens (tertiary/aromatic N) is 3. The number of nitriles is 1. The predicted molar refractivity (Wildman–Crippen MR) is 98.7 cm³/mol. The van der Waals surface area contributed by atoms with Crippen molar-refractivity contribution in [2.45, 2.75) is 23.8 Å². The zero-order valence-electron chi connectivity index (χ0n) is 14.0. The van der Waals surface area contributed by atoms with Crippen molar-refractivity contribution in [2.75, 3.05) is 5.32 Å². The van der Waals surface area contributed by atoms with E-state index in [0.29, 0.717) is 28.8 Å². The highest BCUT2D eigenvalue weighted by atomic mass is 32.2. The first-order valence-electron chi connectivity index (χ1n) is 7.98. The minimum absolute atomic E-state index is 0.178. The number of hydrogen-bond donors (Lipinski definition) is 1. The van der Waals surface area contributed by atoms with E-state index < -0.39 is 5.25 Å². The van der Waals surface area contributed by atoms with Gasteiger partial charge in [0.05, 0.1) is 23.3 Å². The van der Waals surface area contributed by atoms with E-state index in [9.17, 15) is 4.79 Å². The van der Waals surface area contributed by atoms with Crippen LogP contribution in [-0.2, 0) is 11.2 Å². The monoisotopic (exact) mass is 364 g/mol. The van der Waals surface area contributed by atoms with Gasteiger partial charge < -0.3 is 9.73 Å². The molecule has 6 nitrogen and oxygen atoms in total. The molecule has 0 unspecified atom stereocenters. The molecule has 0 aliphatic rings. The van der Waals surface area contributed by atoms with E-state index in [1.54, 1.807) is 31.2 Å². The van der Waals surface area contributed by atoms with Crippen LogP contribution in [0, 0.1) is 11.3 Å². The highest BCUT2D eigenvalue weighted by Crippen LogP contribution is 2.23. The number of carbonyl (C=O) groups is 1. The van der Waals surface area contributed by atoms with Crippen molar-refractivity contribution in [2.24, 2.45) is 0 Å². The number of benzene rings is 2. The van der Waals surface area contributed by atoms with Gasteiger partial charge in [-0.25, -0.2) is 0 Å². The lowest BCUT2D eigenvalue weighted by molar-refractivity contribution is -0.115. The van der Waals surface area contributed by atoms with Crippen LogP contribution in [0.1, 0.15) is 23.9 Å². The van der Waals surface area contributed by atoms with Crippen LogP contribution in [-0.4, -0.2) is 21.4 Å². The number of anilines is 1. The molecule has 130 valence electrons. The normalized spacial score (nSPS) is 11.5. The number of carbonyl (C=O) groups excluding carboxylic acids is 1. The second-order valence-electron chi connectivity index (χ2n) is 5.56. The fourth-order valence-electron chi connectivity index (χ4n) is 2.20. The lowest BCUT2D eigenvalue weighted by Crippen LogP contribution is -2.22. The summed E-state index contributed by atoms with van der Waals surface area (Å²) >= 11 is 1.21. The van der Waals surface area contributed by atoms with Crippen LogP contribution in [0.5, 0.6) is 0 Å². The van der Waals surface area contributed by atoms with Crippen LogP contribution in [0.25, 0.3) is 0 Å². The molecule has 1 aromatic heterocycles. The Morgan fingerprint density at radius 1 is 1.19 bits per heavy atom. The summed E-state index contributed by atoms with van der Waals surface area (Å²) in [7, 11) is 0. The molecule has 0 spiro atoms. The molecule has 2 aromatic carbocycles. The van der Waals surface area contributed by atoms with Gasteiger partial charge >= 0.3 is 0 Å². The van der Waals surface area contributed by atoms with E-state index in [4.69, 9.17) is 9.68 Å². The molecule has 7 heteroatoms. The first-order chi connectivity index (χ1) is 12.6. The number of nitrogens with one attached hydrogen (secondary N) is 1. The van der Waals surface area contributed by atoms with Crippen molar-refractivity contribution < 1.29 is 9.21 Å². The van der Waals surface area contributed by atoms with Gasteiger partial charge in [0.2, 0.25) is 11.8 Å². The van der Waals surface area contributed by atoms with Crippen LogP contribution in [0.15, 0.2) is 64.2 Å². The smallest absolute Gasteiger partial charge is 0.277 e. The van der Waals surface area contributed by atoms with Gasteiger partial charge in [-0.1, -0.05) is 42.1 Å². The van der Waals surface area contributed by atoms with Gasteiger partial charge in [-0.3, -0.25) is 4.79 Å². The Bertz CT molecular complexity index is 917. The zero-order chi connectivity index (χ0) is 18.4. The number of hydrogen-bond acceptors (Lipinski definition) is 6. The number of thioether (sulfide) groups is 1. The molecule has 3 rings (SSSR count). The molecule has 0 saturated carbocycles. The van der Waals surface area contributed by atoms with Gasteiger partial charge in [0, 0.05) is 5.69 Å². The number of amides is 1. The fourth-order valence-corrected chi connectivity index (χ4v) is 2.91. The largest absolute Gasteiger partial charge is 0.416 e. The van der Waals surface area contributed by atoms with E-state index in [1.165, 1.54) is 11.8 Å². The van der Waals surface area contributed by atoms with E-state index >= 15 is 0 Å². The molecular formula is C19H16N4O2S. The van der Waals surface area contributed by atoms with E-state index in [0.717, 1.165) is 5.56 Å².